The second kappa shape index (κ2) is 26.7. The van der Waals surface area contributed by atoms with Crippen LogP contribution >= 0.6 is 45.9 Å². The molecule has 8 heterocycles. The number of carboxylic acid groups (broad SMARTS) is 2. The molecule has 492 valence electrons. The Morgan fingerprint density at radius 2 is 0.989 bits per heavy atom. The molecule has 0 saturated carbocycles. The summed E-state index contributed by atoms with van der Waals surface area (Å²) in [5, 5.41) is 36.4. The molecule has 2 atom stereocenters. The molecule has 0 spiro atoms. The lowest BCUT2D eigenvalue weighted by molar-refractivity contribution is -0.161. The lowest BCUT2D eigenvalue weighted by Gasteiger charge is -2.41. The standard InChI is InChI=1S/2C37H41ClN4O4S/c1-6-42-29-12-9-24(18-27(29)32(40-42)23-13-15-41(16-14-23)26-19-45-20-26)35-39-28-17-21(2)30(33(36(43)44)46-37(3,4)5)31(34(28)47-35)22-7-10-25(38)11-8-22;1-6-42-32(23-13-15-41(16-14-23)26-19-45-20-26)27-18-24(9-12-28(27)40-42)35-39-29-17-21(2)30(33(36(43)44)46-37(3,4)5)31(34(29)47-35)22-7-10-25(38)11-8-22/h2*7-12,17-18,23,26,33H,6,13-16,19-20H2,1-5H3,(H,43,44)/t2*33-/m00/s1. The van der Waals surface area contributed by atoms with Gasteiger partial charge in [-0.1, -0.05) is 47.5 Å². The third-order valence-corrected chi connectivity index (χ3v) is 21.6. The maximum Gasteiger partial charge on any atom is 0.337 e. The number of halogens is 2. The number of likely N-dealkylation sites (tertiary alicyclic amines) is 2. The number of aliphatic carboxylic acids is 2. The van der Waals surface area contributed by atoms with Crippen molar-refractivity contribution in [3.63, 3.8) is 0 Å². The van der Waals surface area contributed by atoms with Gasteiger partial charge in [0, 0.05) is 84.8 Å². The number of thiazole rings is 2. The summed E-state index contributed by atoms with van der Waals surface area (Å²) in [5.74, 6) is -1.20. The van der Waals surface area contributed by atoms with Gasteiger partial charge in [0.25, 0.3) is 0 Å². The molecule has 94 heavy (non-hydrogen) atoms. The number of piperidine rings is 2. The fourth-order valence-corrected chi connectivity index (χ4v) is 16.6. The molecular weight excluding hydrogens is 1260 g/mol. The SMILES string of the molecule is CCn1nc(C2CCN(C3COC3)CC2)c2cc(-c3nc4cc(C)c([C@H](OC(C)(C)C)C(=O)O)c(-c5ccc(Cl)cc5)c4s3)ccc21.CCn1nc2ccc(-c3nc4cc(C)c([C@H](OC(C)(C)C)C(=O)O)c(-c5ccc(Cl)cc5)c4s3)cc2c1C1CCN(C2COC2)CC1. The highest BCUT2D eigenvalue weighted by Gasteiger charge is 2.37. The highest BCUT2D eigenvalue weighted by atomic mass is 35.5. The van der Waals surface area contributed by atoms with E-state index in [9.17, 15) is 19.8 Å². The van der Waals surface area contributed by atoms with E-state index in [2.05, 4.69) is 69.4 Å². The first-order valence-corrected chi connectivity index (χ1v) is 35.3. The summed E-state index contributed by atoms with van der Waals surface area (Å²) in [7, 11) is 0. The molecule has 16 nitrogen and oxygen atoms in total. The summed E-state index contributed by atoms with van der Waals surface area (Å²) in [6, 6.07) is 33.3. The quantitative estimate of drug-likeness (QED) is 0.0933. The molecule has 20 heteroatoms. The Hall–Kier alpha value is -6.68. The van der Waals surface area contributed by atoms with Gasteiger partial charge in [0.1, 0.15) is 10.0 Å². The second-order valence-corrected chi connectivity index (χ2v) is 30.3. The number of hydrogen-bond acceptors (Lipinski definition) is 14. The zero-order valence-electron chi connectivity index (χ0n) is 55.1. The van der Waals surface area contributed by atoms with Crippen LogP contribution in [0.15, 0.2) is 97.1 Å². The number of carboxylic acids is 2. The minimum Gasteiger partial charge on any atom is -0.479 e. The molecule has 4 aromatic heterocycles. The van der Waals surface area contributed by atoms with Crippen molar-refractivity contribution in [3.05, 3.63) is 141 Å². The Balaban J connectivity index is 0.000000171. The van der Waals surface area contributed by atoms with E-state index in [1.165, 1.54) is 22.2 Å². The number of aryl methyl sites for hydroxylation is 4. The van der Waals surface area contributed by atoms with Gasteiger partial charge in [-0.25, -0.2) is 19.6 Å². The van der Waals surface area contributed by atoms with Gasteiger partial charge in [0.05, 0.1) is 86.9 Å². The molecular formula is C74H82Cl2N8O8S2. The molecule has 0 aliphatic carbocycles. The minimum atomic E-state index is -1.15. The molecule has 4 fully saturated rings. The van der Waals surface area contributed by atoms with Crippen LogP contribution in [0.2, 0.25) is 10.0 Å². The lowest BCUT2D eigenvalue weighted by atomic mass is 9.90. The Bertz CT molecular complexity index is 4290. The average Bonchev–Trinajstić information content (AvgIpc) is 1.51. The summed E-state index contributed by atoms with van der Waals surface area (Å²) >= 11 is 15.7. The number of carbonyl (C=O) groups is 2. The highest BCUT2D eigenvalue weighted by Crippen LogP contribution is 2.48. The van der Waals surface area contributed by atoms with Crippen molar-refractivity contribution in [2.45, 2.75) is 155 Å². The zero-order chi connectivity index (χ0) is 66.1. The van der Waals surface area contributed by atoms with E-state index in [0.29, 0.717) is 45.1 Å². The van der Waals surface area contributed by atoms with E-state index in [-0.39, 0.29) is 0 Å². The molecule has 14 rings (SSSR count). The van der Waals surface area contributed by atoms with Crippen molar-refractivity contribution in [2.24, 2.45) is 0 Å². The van der Waals surface area contributed by atoms with Crippen LogP contribution in [0.1, 0.15) is 139 Å². The maximum atomic E-state index is 12.7. The molecule has 4 saturated heterocycles. The van der Waals surface area contributed by atoms with Crippen LogP contribution < -0.4 is 0 Å². The number of fused-ring (bicyclic) bond motifs is 4. The van der Waals surface area contributed by atoms with Crippen molar-refractivity contribution in [2.75, 3.05) is 52.6 Å². The topological polar surface area (TPSA) is 179 Å². The molecule has 0 amide bonds. The number of rotatable bonds is 16. The summed E-state index contributed by atoms with van der Waals surface area (Å²) in [6.07, 6.45) is 2.08. The normalized spacial score (nSPS) is 17.4. The minimum absolute atomic E-state index is 0.408. The van der Waals surface area contributed by atoms with Crippen molar-refractivity contribution >= 4 is 100 Å². The molecule has 2 N–H and O–H groups in total. The largest absolute Gasteiger partial charge is 0.479 e. The maximum absolute atomic E-state index is 12.7. The smallest absolute Gasteiger partial charge is 0.337 e. The summed E-state index contributed by atoms with van der Waals surface area (Å²) < 4.78 is 29.4. The summed E-state index contributed by atoms with van der Waals surface area (Å²) in [6.45, 7) is 28.8. The fraction of sp³-hybridized carbons (Fsp3) is 0.432. The third-order valence-electron chi connectivity index (χ3n) is 18.8. The monoisotopic (exact) mass is 1340 g/mol. The molecule has 6 aromatic carbocycles. The van der Waals surface area contributed by atoms with E-state index in [1.54, 1.807) is 22.7 Å². The van der Waals surface area contributed by atoms with Crippen molar-refractivity contribution < 1.29 is 38.7 Å². The third kappa shape index (κ3) is 13.3. The van der Waals surface area contributed by atoms with Crippen LogP contribution in [0, 0.1) is 13.8 Å². The summed E-state index contributed by atoms with van der Waals surface area (Å²) in [4.78, 5) is 40.9. The Kier molecular flexibility index (Phi) is 18.8. The molecule has 10 aromatic rings. The first-order chi connectivity index (χ1) is 45.0. The van der Waals surface area contributed by atoms with E-state index < -0.39 is 35.3 Å². The number of hydrogen-bond donors (Lipinski definition) is 2. The molecule has 0 bridgehead atoms. The van der Waals surface area contributed by atoms with E-state index in [1.807, 2.05) is 116 Å². The van der Waals surface area contributed by atoms with Crippen LogP contribution in [0.25, 0.3) is 85.6 Å². The first kappa shape index (κ1) is 66.0. The van der Waals surface area contributed by atoms with Gasteiger partial charge in [-0.15, -0.1) is 22.7 Å². The van der Waals surface area contributed by atoms with Gasteiger partial charge in [0.2, 0.25) is 0 Å². The Labute approximate surface area is 566 Å². The van der Waals surface area contributed by atoms with Gasteiger partial charge in [-0.05, 0) is 216 Å². The highest BCUT2D eigenvalue weighted by molar-refractivity contribution is 7.22. The van der Waals surface area contributed by atoms with E-state index >= 15 is 0 Å². The van der Waals surface area contributed by atoms with Crippen LogP contribution in [0.3, 0.4) is 0 Å². The molecule has 0 unspecified atom stereocenters. The van der Waals surface area contributed by atoms with Crippen LogP contribution in [-0.2, 0) is 41.6 Å². The molecule has 4 aliphatic rings. The zero-order valence-corrected chi connectivity index (χ0v) is 58.2. The van der Waals surface area contributed by atoms with E-state index in [0.717, 1.165) is 177 Å². The number of benzene rings is 6. The fourth-order valence-electron chi connectivity index (χ4n) is 14.1. The number of aromatic nitrogens is 6. The predicted molar refractivity (Wildman–Crippen MR) is 377 cm³/mol. The van der Waals surface area contributed by atoms with Gasteiger partial charge >= 0.3 is 11.9 Å². The van der Waals surface area contributed by atoms with Crippen molar-refractivity contribution in [1.29, 1.82) is 0 Å². The number of ether oxygens (including phenoxy) is 4. The van der Waals surface area contributed by atoms with Crippen LogP contribution in [0.4, 0.5) is 0 Å². The van der Waals surface area contributed by atoms with Crippen LogP contribution in [0.5, 0.6) is 0 Å². The first-order valence-electron chi connectivity index (χ1n) is 32.9. The van der Waals surface area contributed by atoms with E-state index in [4.69, 9.17) is 62.3 Å². The molecule has 4 aliphatic heterocycles. The Morgan fingerprint density at radius 3 is 1.40 bits per heavy atom. The van der Waals surface area contributed by atoms with Crippen LogP contribution in [-0.4, -0.2) is 137 Å². The Morgan fingerprint density at radius 1 is 0.564 bits per heavy atom. The van der Waals surface area contributed by atoms with Gasteiger partial charge < -0.3 is 29.2 Å². The summed E-state index contributed by atoms with van der Waals surface area (Å²) in [5.41, 5.74) is 13.3. The van der Waals surface area contributed by atoms with Gasteiger partial charge in [-0.2, -0.15) is 10.2 Å². The lowest BCUT2D eigenvalue weighted by Crippen LogP contribution is -2.51. The second-order valence-electron chi connectivity index (χ2n) is 27.5. The molecule has 0 radical (unpaired) electrons. The van der Waals surface area contributed by atoms with Gasteiger partial charge in [-0.3, -0.25) is 19.2 Å². The van der Waals surface area contributed by atoms with Gasteiger partial charge in [0.15, 0.2) is 12.2 Å². The van der Waals surface area contributed by atoms with Crippen molar-refractivity contribution in [3.8, 4) is 43.4 Å². The predicted octanol–water partition coefficient (Wildman–Crippen LogP) is 17.0. The average molecular weight is 1350 g/mol. The van der Waals surface area contributed by atoms with Crippen molar-refractivity contribution in [1.82, 2.24) is 39.3 Å². The number of nitrogens with zero attached hydrogens (tertiary/aromatic N) is 8.